The van der Waals surface area contributed by atoms with E-state index in [0.29, 0.717) is 28.0 Å². The van der Waals surface area contributed by atoms with Crippen molar-refractivity contribution in [3.05, 3.63) is 102 Å². The van der Waals surface area contributed by atoms with E-state index in [1.54, 1.807) is 55.4 Å². The third-order valence-corrected chi connectivity index (χ3v) is 6.59. The quantitative estimate of drug-likeness (QED) is 0.308. The molecule has 2 atom stereocenters. The number of hydrogen-bond donors (Lipinski definition) is 1. The molecular weight excluding hydrogens is 501 g/mol. The Hall–Kier alpha value is -4.05. The summed E-state index contributed by atoms with van der Waals surface area (Å²) in [6.07, 6.45) is -1.02. The van der Waals surface area contributed by atoms with E-state index in [1.165, 1.54) is 6.07 Å². The average Bonchev–Trinajstić information content (AvgIpc) is 3.52. The number of aromatic nitrogens is 2. The van der Waals surface area contributed by atoms with E-state index in [9.17, 15) is 13.2 Å². The average molecular weight is 525 g/mol. The number of benzene rings is 2. The van der Waals surface area contributed by atoms with Gasteiger partial charge in [-0.2, -0.15) is 13.2 Å². The first-order valence-corrected chi connectivity index (χ1v) is 11.8. The summed E-state index contributed by atoms with van der Waals surface area (Å²) >= 11 is 5.79. The van der Waals surface area contributed by atoms with Crippen LogP contribution in [0.2, 0.25) is 0 Å². The van der Waals surface area contributed by atoms with Gasteiger partial charge in [0.1, 0.15) is 17.5 Å². The minimum atomic E-state index is -4.46. The molecule has 10 heteroatoms. The zero-order valence-electron chi connectivity index (χ0n) is 19.9. The highest BCUT2D eigenvalue weighted by atomic mass is 32.1. The minimum Gasteiger partial charge on any atom is -0.497 e. The second-order valence-corrected chi connectivity index (χ2v) is 8.77. The van der Waals surface area contributed by atoms with Gasteiger partial charge in [0.2, 0.25) is 0 Å². The molecule has 2 aromatic heterocycles. The molecule has 3 heterocycles. The maximum absolute atomic E-state index is 13.5. The molecule has 5 rings (SSSR count). The van der Waals surface area contributed by atoms with E-state index in [4.69, 9.17) is 21.7 Å². The van der Waals surface area contributed by atoms with Crippen molar-refractivity contribution in [2.75, 3.05) is 19.1 Å². The highest BCUT2D eigenvalue weighted by Crippen LogP contribution is 2.46. The first-order valence-electron chi connectivity index (χ1n) is 11.4. The smallest absolute Gasteiger partial charge is 0.416 e. The van der Waals surface area contributed by atoms with Crippen LogP contribution in [0.1, 0.15) is 29.0 Å². The van der Waals surface area contributed by atoms with Gasteiger partial charge in [-0.15, -0.1) is 0 Å². The highest BCUT2D eigenvalue weighted by Gasteiger charge is 2.43. The third-order valence-electron chi connectivity index (χ3n) is 6.28. The fourth-order valence-corrected chi connectivity index (χ4v) is 4.94. The minimum absolute atomic E-state index is 0.383. The summed E-state index contributed by atoms with van der Waals surface area (Å²) in [5.74, 6) is 1.15. The summed E-state index contributed by atoms with van der Waals surface area (Å²) in [6.45, 7) is 0. The fourth-order valence-electron chi connectivity index (χ4n) is 4.60. The van der Waals surface area contributed by atoms with Gasteiger partial charge in [-0.05, 0) is 66.8 Å². The van der Waals surface area contributed by atoms with Crippen molar-refractivity contribution >= 4 is 23.0 Å². The van der Waals surface area contributed by atoms with Crippen LogP contribution in [0.5, 0.6) is 11.5 Å². The van der Waals surface area contributed by atoms with Crippen molar-refractivity contribution in [1.82, 2.24) is 14.9 Å². The maximum atomic E-state index is 13.5. The summed E-state index contributed by atoms with van der Waals surface area (Å²) in [4.78, 5) is 6.45. The van der Waals surface area contributed by atoms with Crippen LogP contribution in [0.3, 0.4) is 0 Å². The SMILES string of the molecule is COc1ccc(N2C(=S)N[C@@H](c3ccccn3)[C@@H]2c2cccn2-c2cccc(C(F)(F)F)c2)c(OC)c1. The zero-order chi connectivity index (χ0) is 26.2. The molecule has 190 valence electrons. The van der Waals surface area contributed by atoms with Gasteiger partial charge in [-0.3, -0.25) is 4.98 Å². The van der Waals surface area contributed by atoms with E-state index < -0.39 is 17.8 Å². The second kappa shape index (κ2) is 9.78. The monoisotopic (exact) mass is 524 g/mol. The van der Waals surface area contributed by atoms with Crippen LogP contribution in [0.15, 0.2) is 85.2 Å². The topological polar surface area (TPSA) is 51.5 Å². The number of hydrogen-bond acceptors (Lipinski definition) is 4. The molecule has 0 bridgehead atoms. The van der Waals surface area contributed by atoms with Crippen molar-refractivity contribution in [3.63, 3.8) is 0 Å². The standard InChI is InChI=1S/C27H23F3N4O2S/c1-35-19-11-12-21(23(16-19)36-2)34-25(24(32-26(34)37)20-9-3-4-13-31-20)22-10-6-14-33(22)18-8-5-7-17(15-18)27(28,29)30/h3-16,24-25H,1-2H3,(H,32,37)/t24-,25-/m0/s1. The lowest BCUT2D eigenvalue weighted by molar-refractivity contribution is -0.137. The molecule has 4 aromatic rings. The Morgan fingerprint density at radius 2 is 1.78 bits per heavy atom. The molecule has 6 nitrogen and oxygen atoms in total. The Morgan fingerprint density at radius 1 is 0.946 bits per heavy atom. The van der Waals surface area contributed by atoms with Crippen molar-refractivity contribution in [2.45, 2.75) is 18.3 Å². The molecule has 1 saturated heterocycles. The van der Waals surface area contributed by atoms with Crippen molar-refractivity contribution < 1.29 is 22.6 Å². The predicted octanol–water partition coefficient (Wildman–Crippen LogP) is 6.09. The Balaban J connectivity index is 1.68. The van der Waals surface area contributed by atoms with Crippen molar-refractivity contribution in [2.24, 2.45) is 0 Å². The molecule has 37 heavy (non-hydrogen) atoms. The summed E-state index contributed by atoms with van der Waals surface area (Å²) < 4.78 is 53.3. The summed E-state index contributed by atoms with van der Waals surface area (Å²) in [6, 6.07) is 19.1. The van der Waals surface area contributed by atoms with Crippen LogP contribution in [-0.2, 0) is 6.18 Å². The lowest BCUT2D eigenvalue weighted by Crippen LogP contribution is -2.30. The van der Waals surface area contributed by atoms with Gasteiger partial charge in [0.15, 0.2) is 5.11 Å². The molecule has 2 aromatic carbocycles. The van der Waals surface area contributed by atoms with E-state index >= 15 is 0 Å². The van der Waals surface area contributed by atoms with Gasteiger partial charge >= 0.3 is 6.18 Å². The number of nitrogens with zero attached hydrogens (tertiary/aromatic N) is 3. The molecule has 0 amide bonds. The first kappa shape index (κ1) is 24.6. The normalized spacial score (nSPS) is 17.5. The van der Waals surface area contributed by atoms with Gasteiger partial charge in [0, 0.05) is 29.8 Å². The number of halogens is 3. The highest BCUT2D eigenvalue weighted by molar-refractivity contribution is 7.80. The second-order valence-electron chi connectivity index (χ2n) is 8.39. The number of methoxy groups -OCH3 is 2. The number of ether oxygens (including phenoxy) is 2. The number of anilines is 1. The van der Waals surface area contributed by atoms with E-state index in [1.807, 2.05) is 35.2 Å². The Bertz CT molecular complexity index is 1420. The number of thiocarbonyl (C=S) groups is 1. The van der Waals surface area contributed by atoms with Crippen molar-refractivity contribution in [1.29, 1.82) is 0 Å². The lowest BCUT2D eigenvalue weighted by atomic mass is 10.0. The molecule has 1 aliphatic heterocycles. The summed E-state index contributed by atoms with van der Waals surface area (Å²) in [5.41, 5.74) is 1.80. The van der Waals surface area contributed by atoms with Crippen LogP contribution >= 0.6 is 12.2 Å². The Labute approximate surface area is 217 Å². The van der Waals surface area contributed by atoms with E-state index in [2.05, 4.69) is 10.3 Å². The van der Waals surface area contributed by atoms with Crippen LogP contribution in [0, 0.1) is 0 Å². The molecule has 1 N–H and O–H groups in total. The summed E-state index contributed by atoms with van der Waals surface area (Å²) in [7, 11) is 3.12. The van der Waals surface area contributed by atoms with Crippen LogP contribution in [0.25, 0.3) is 5.69 Å². The maximum Gasteiger partial charge on any atom is 0.416 e. The van der Waals surface area contributed by atoms with Crippen LogP contribution in [-0.4, -0.2) is 28.9 Å². The molecule has 0 spiro atoms. The van der Waals surface area contributed by atoms with Gasteiger partial charge in [-0.1, -0.05) is 12.1 Å². The number of rotatable bonds is 6. The molecule has 0 aliphatic carbocycles. The van der Waals surface area contributed by atoms with Crippen LogP contribution < -0.4 is 19.7 Å². The first-order chi connectivity index (χ1) is 17.8. The molecule has 1 fully saturated rings. The number of alkyl halides is 3. The molecule has 0 unspecified atom stereocenters. The lowest BCUT2D eigenvalue weighted by Gasteiger charge is -2.30. The fraction of sp³-hybridized carbons (Fsp3) is 0.185. The molecular formula is C27H23F3N4O2S. The van der Waals surface area contributed by atoms with Crippen molar-refractivity contribution in [3.8, 4) is 17.2 Å². The number of nitrogens with one attached hydrogen (secondary N) is 1. The van der Waals surface area contributed by atoms with Gasteiger partial charge in [0.25, 0.3) is 0 Å². The van der Waals surface area contributed by atoms with Crippen LogP contribution in [0.4, 0.5) is 18.9 Å². The molecule has 1 aliphatic rings. The molecule has 0 radical (unpaired) electrons. The van der Waals surface area contributed by atoms with Gasteiger partial charge in [0.05, 0.1) is 37.2 Å². The van der Waals surface area contributed by atoms with E-state index in [0.717, 1.165) is 23.5 Å². The largest absolute Gasteiger partial charge is 0.497 e. The van der Waals surface area contributed by atoms with Gasteiger partial charge in [-0.25, -0.2) is 0 Å². The predicted molar refractivity (Wildman–Crippen MR) is 138 cm³/mol. The van der Waals surface area contributed by atoms with Gasteiger partial charge < -0.3 is 24.3 Å². The number of pyridine rings is 1. The Morgan fingerprint density at radius 3 is 2.49 bits per heavy atom. The third kappa shape index (κ3) is 4.60. The Kier molecular flexibility index (Phi) is 6.51. The summed E-state index contributed by atoms with van der Waals surface area (Å²) in [5, 5.41) is 3.80. The zero-order valence-corrected chi connectivity index (χ0v) is 20.8. The molecule has 0 saturated carbocycles. The van der Waals surface area contributed by atoms with E-state index in [-0.39, 0.29) is 6.04 Å².